The van der Waals surface area contributed by atoms with Crippen molar-refractivity contribution in [3.8, 4) is 0 Å². The maximum absolute atomic E-state index is 6.45. The molecule has 0 aliphatic rings. The fourth-order valence-corrected chi connectivity index (χ4v) is 3.05. The van der Waals surface area contributed by atoms with E-state index in [1.54, 1.807) is 12.5 Å². The zero-order valence-corrected chi connectivity index (χ0v) is 17.0. The Morgan fingerprint density at radius 3 is 2.37 bits per heavy atom. The summed E-state index contributed by atoms with van der Waals surface area (Å²) < 4.78 is 1.88. The van der Waals surface area contributed by atoms with Crippen LogP contribution < -0.4 is 5.01 Å². The number of anilines is 1. The number of benzene rings is 2. The summed E-state index contributed by atoms with van der Waals surface area (Å²) in [6.07, 6.45) is 5.35. The van der Waals surface area contributed by atoms with Crippen LogP contribution in [-0.2, 0) is 5.41 Å². The monoisotopic (exact) mass is 380 g/mol. The molecule has 0 atom stereocenters. The molecule has 0 fully saturated rings. The molecule has 0 amide bonds. The molecule has 3 aromatic rings. The number of hydrogen-bond donors (Lipinski definition) is 0. The second-order valence-corrected chi connectivity index (χ2v) is 7.79. The Hall–Kier alpha value is -2.59. The molecule has 140 valence electrons. The van der Waals surface area contributed by atoms with E-state index in [4.69, 9.17) is 16.7 Å². The first-order valence-corrected chi connectivity index (χ1v) is 9.48. The van der Waals surface area contributed by atoms with Gasteiger partial charge in [-0.25, -0.2) is 4.98 Å². The molecule has 27 heavy (non-hydrogen) atoms. The summed E-state index contributed by atoms with van der Waals surface area (Å²) in [5.41, 5.74) is 3.32. The third kappa shape index (κ3) is 4.40. The largest absolute Gasteiger partial charge is 0.289 e. The molecule has 0 radical (unpaired) electrons. The van der Waals surface area contributed by atoms with E-state index in [1.165, 1.54) is 5.56 Å². The Bertz CT molecular complexity index is 906. The van der Waals surface area contributed by atoms with E-state index in [-0.39, 0.29) is 5.41 Å². The van der Waals surface area contributed by atoms with Gasteiger partial charge in [0.2, 0.25) is 0 Å². The van der Waals surface area contributed by atoms with Gasteiger partial charge in [-0.1, -0.05) is 56.6 Å². The van der Waals surface area contributed by atoms with Crippen LogP contribution in [0.4, 0.5) is 5.69 Å². The van der Waals surface area contributed by atoms with E-state index in [0.717, 1.165) is 23.6 Å². The van der Waals surface area contributed by atoms with Gasteiger partial charge in [-0.15, -0.1) is 0 Å². The van der Waals surface area contributed by atoms with Crippen molar-refractivity contribution in [3.05, 3.63) is 83.4 Å². The Kier molecular flexibility index (Phi) is 5.66. The smallest absolute Gasteiger partial charge is 0.167 e. The summed E-state index contributed by atoms with van der Waals surface area (Å²) >= 11 is 6.45. The number of rotatable bonds is 4. The van der Waals surface area contributed by atoms with E-state index in [0.29, 0.717) is 5.02 Å². The van der Waals surface area contributed by atoms with Crippen LogP contribution in [0.15, 0.2) is 72.4 Å². The fourth-order valence-electron chi connectivity index (χ4n) is 2.83. The van der Waals surface area contributed by atoms with Crippen LogP contribution in [0.25, 0.3) is 0 Å². The van der Waals surface area contributed by atoms with Gasteiger partial charge in [0.25, 0.3) is 0 Å². The van der Waals surface area contributed by atoms with Crippen molar-refractivity contribution in [2.75, 3.05) is 11.6 Å². The maximum Gasteiger partial charge on any atom is 0.167 e. The average Bonchev–Trinajstić information content (AvgIpc) is 3.17. The van der Waals surface area contributed by atoms with Crippen LogP contribution in [0, 0.1) is 0 Å². The van der Waals surface area contributed by atoms with Gasteiger partial charge in [-0.05, 0) is 42.2 Å². The normalized spacial score (nSPS) is 12.3. The van der Waals surface area contributed by atoms with Crippen molar-refractivity contribution < 1.29 is 0 Å². The maximum atomic E-state index is 6.45. The van der Waals surface area contributed by atoms with E-state index >= 15 is 0 Å². The Morgan fingerprint density at radius 2 is 1.81 bits per heavy atom. The van der Waals surface area contributed by atoms with Crippen LogP contribution in [0.5, 0.6) is 0 Å². The third-order valence-corrected chi connectivity index (χ3v) is 4.74. The molecule has 0 unspecified atom stereocenters. The lowest BCUT2D eigenvalue weighted by atomic mass is 9.87. The van der Waals surface area contributed by atoms with Crippen molar-refractivity contribution in [2.24, 2.45) is 5.10 Å². The van der Waals surface area contributed by atoms with Crippen LogP contribution in [0.1, 0.15) is 38.8 Å². The molecule has 3 rings (SSSR count). The molecule has 0 aliphatic carbocycles. The van der Waals surface area contributed by atoms with Crippen LogP contribution in [0.3, 0.4) is 0 Å². The van der Waals surface area contributed by atoms with E-state index in [2.05, 4.69) is 56.9 Å². The van der Waals surface area contributed by atoms with Crippen molar-refractivity contribution in [1.82, 2.24) is 9.55 Å². The first-order valence-electron chi connectivity index (χ1n) is 9.10. The van der Waals surface area contributed by atoms with Gasteiger partial charge in [0.15, 0.2) is 5.84 Å². The van der Waals surface area contributed by atoms with Crippen LogP contribution >= 0.6 is 11.6 Å². The lowest BCUT2D eigenvalue weighted by Crippen LogP contribution is -2.23. The summed E-state index contributed by atoms with van der Waals surface area (Å²) in [5, 5.41) is 7.55. The van der Waals surface area contributed by atoms with Gasteiger partial charge in [0, 0.05) is 24.5 Å². The molecular weight excluding hydrogens is 356 g/mol. The molecule has 0 aliphatic heterocycles. The number of hydrogen-bond acceptors (Lipinski definition) is 3. The molecule has 0 saturated heterocycles. The van der Waals surface area contributed by atoms with Gasteiger partial charge in [-0.3, -0.25) is 9.58 Å². The number of halogens is 1. The minimum atomic E-state index is 0.123. The molecule has 4 nitrogen and oxygen atoms in total. The summed E-state index contributed by atoms with van der Waals surface area (Å²) in [7, 11) is 0. The Balaban J connectivity index is 2.04. The summed E-state index contributed by atoms with van der Waals surface area (Å²) in [6, 6.07) is 16.3. The lowest BCUT2D eigenvalue weighted by molar-refractivity contribution is 0.590. The summed E-state index contributed by atoms with van der Waals surface area (Å²) in [4.78, 5) is 4.16. The molecule has 1 aromatic heterocycles. The number of hydrazone groups is 1. The highest BCUT2D eigenvalue weighted by molar-refractivity contribution is 6.34. The molecule has 2 aromatic carbocycles. The first-order chi connectivity index (χ1) is 12.9. The van der Waals surface area contributed by atoms with Crippen molar-refractivity contribution >= 4 is 23.1 Å². The highest BCUT2D eigenvalue weighted by Gasteiger charge is 2.15. The topological polar surface area (TPSA) is 33.4 Å². The quantitative estimate of drug-likeness (QED) is 0.337. The van der Waals surface area contributed by atoms with Gasteiger partial charge < -0.3 is 0 Å². The minimum absolute atomic E-state index is 0.123. The number of nitrogens with zero attached hydrogens (tertiary/aromatic N) is 4. The second kappa shape index (κ2) is 7.97. The highest BCUT2D eigenvalue weighted by atomic mass is 35.5. The van der Waals surface area contributed by atoms with Crippen molar-refractivity contribution in [3.63, 3.8) is 0 Å². The fraction of sp³-hybridized carbons (Fsp3) is 0.273. The SMILES string of the molecule is CCN(/N=C(\c1ccccc1Cl)n1ccnc1)c1ccc(C(C)(C)C)cc1. The van der Waals surface area contributed by atoms with Gasteiger partial charge in [-0.2, -0.15) is 5.10 Å². The zero-order valence-electron chi connectivity index (χ0n) is 16.2. The Morgan fingerprint density at radius 1 is 1.11 bits per heavy atom. The lowest BCUT2D eigenvalue weighted by Gasteiger charge is -2.23. The van der Waals surface area contributed by atoms with Gasteiger partial charge >= 0.3 is 0 Å². The zero-order chi connectivity index (χ0) is 19.4. The molecule has 0 saturated carbocycles. The number of aromatic nitrogens is 2. The minimum Gasteiger partial charge on any atom is -0.289 e. The van der Waals surface area contributed by atoms with Crippen molar-refractivity contribution in [2.45, 2.75) is 33.1 Å². The predicted octanol–water partition coefficient (Wildman–Crippen LogP) is 5.57. The Labute approximate surface area is 166 Å². The molecule has 0 spiro atoms. The van der Waals surface area contributed by atoms with Gasteiger partial charge in [0.1, 0.15) is 6.33 Å². The van der Waals surface area contributed by atoms with Gasteiger partial charge in [0.05, 0.1) is 10.7 Å². The molecule has 1 heterocycles. The predicted molar refractivity (Wildman–Crippen MR) is 114 cm³/mol. The second-order valence-electron chi connectivity index (χ2n) is 7.39. The van der Waals surface area contributed by atoms with E-state index < -0.39 is 0 Å². The van der Waals surface area contributed by atoms with Crippen molar-refractivity contribution in [1.29, 1.82) is 0 Å². The summed E-state index contributed by atoms with van der Waals surface area (Å²) in [6.45, 7) is 9.46. The molecule has 0 N–H and O–H groups in total. The van der Waals surface area contributed by atoms with Crippen LogP contribution in [-0.4, -0.2) is 21.9 Å². The van der Waals surface area contributed by atoms with E-state index in [1.807, 2.05) is 40.0 Å². The first kappa shape index (κ1) is 19.2. The van der Waals surface area contributed by atoms with Crippen LogP contribution in [0.2, 0.25) is 5.02 Å². The molecule has 0 bridgehead atoms. The highest BCUT2D eigenvalue weighted by Crippen LogP contribution is 2.26. The third-order valence-electron chi connectivity index (χ3n) is 4.41. The van der Waals surface area contributed by atoms with E-state index in [9.17, 15) is 0 Å². The molecular formula is C22H25ClN4. The molecule has 5 heteroatoms. The average molecular weight is 381 g/mol. The standard InChI is InChI=1S/C22H25ClN4/c1-5-27(18-12-10-17(11-13-18)22(2,3)4)25-21(26-15-14-24-16-26)19-8-6-7-9-20(19)23/h6-16H,5H2,1-4H3/b25-21+. The summed E-state index contributed by atoms with van der Waals surface area (Å²) in [5.74, 6) is 0.736. The number of imidazole rings is 1.